The van der Waals surface area contributed by atoms with E-state index in [0.29, 0.717) is 24.5 Å². The van der Waals surface area contributed by atoms with Crippen molar-refractivity contribution in [2.24, 2.45) is 0 Å². The summed E-state index contributed by atoms with van der Waals surface area (Å²) in [4.78, 5) is 13.9. The Balaban J connectivity index is 1.77. The molecule has 6 heteroatoms. The number of esters is 1. The SMILES string of the molecule is COC(=O)c1cccc(N2CCC3(CC2)OCCO3)c1N. The van der Waals surface area contributed by atoms with E-state index in [9.17, 15) is 4.79 Å². The molecule has 114 valence electrons. The minimum Gasteiger partial charge on any atom is -0.465 e. The molecule has 2 N–H and O–H groups in total. The molecular formula is C15H20N2O4. The molecular weight excluding hydrogens is 272 g/mol. The molecule has 6 nitrogen and oxygen atoms in total. The van der Waals surface area contributed by atoms with Gasteiger partial charge >= 0.3 is 5.97 Å². The summed E-state index contributed by atoms with van der Waals surface area (Å²) in [5.74, 6) is -0.823. The third-order valence-corrected chi connectivity index (χ3v) is 4.17. The second-order valence-corrected chi connectivity index (χ2v) is 5.32. The number of piperidine rings is 1. The van der Waals surface area contributed by atoms with Crippen molar-refractivity contribution in [2.45, 2.75) is 18.6 Å². The van der Waals surface area contributed by atoms with Crippen LogP contribution in [0, 0.1) is 0 Å². The van der Waals surface area contributed by atoms with E-state index in [1.54, 1.807) is 6.07 Å². The molecule has 2 fully saturated rings. The van der Waals surface area contributed by atoms with Crippen LogP contribution >= 0.6 is 0 Å². The first-order valence-electron chi connectivity index (χ1n) is 7.15. The van der Waals surface area contributed by atoms with Crippen molar-refractivity contribution < 1.29 is 19.0 Å². The highest BCUT2D eigenvalue weighted by Gasteiger charge is 2.40. The summed E-state index contributed by atoms with van der Waals surface area (Å²) in [5, 5.41) is 0. The Hall–Kier alpha value is -1.79. The molecule has 2 aliphatic heterocycles. The van der Waals surface area contributed by atoms with Crippen LogP contribution in [0.3, 0.4) is 0 Å². The number of ether oxygens (including phenoxy) is 3. The van der Waals surface area contributed by atoms with E-state index in [-0.39, 0.29) is 0 Å². The Bertz CT molecular complexity index is 530. The van der Waals surface area contributed by atoms with Crippen molar-refractivity contribution in [3.8, 4) is 0 Å². The molecule has 1 aromatic rings. The van der Waals surface area contributed by atoms with Gasteiger partial charge in [-0.3, -0.25) is 0 Å². The van der Waals surface area contributed by atoms with Crippen LogP contribution in [0.4, 0.5) is 11.4 Å². The van der Waals surface area contributed by atoms with Gasteiger partial charge in [-0.25, -0.2) is 4.79 Å². The zero-order valence-corrected chi connectivity index (χ0v) is 12.1. The van der Waals surface area contributed by atoms with Gasteiger partial charge in [0.15, 0.2) is 5.79 Å². The monoisotopic (exact) mass is 292 g/mol. The molecule has 0 aromatic heterocycles. The van der Waals surface area contributed by atoms with E-state index in [0.717, 1.165) is 31.6 Å². The fraction of sp³-hybridized carbons (Fsp3) is 0.533. The van der Waals surface area contributed by atoms with Crippen LogP contribution in [0.5, 0.6) is 0 Å². The second-order valence-electron chi connectivity index (χ2n) is 5.32. The fourth-order valence-electron chi connectivity index (χ4n) is 2.99. The van der Waals surface area contributed by atoms with Gasteiger partial charge in [0.25, 0.3) is 0 Å². The Morgan fingerprint density at radius 3 is 2.57 bits per heavy atom. The molecule has 1 spiro atoms. The lowest BCUT2D eigenvalue weighted by molar-refractivity contribution is -0.169. The second kappa shape index (κ2) is 5.54. The standard InChI is InChI=1S/C15H20N2O4/c1-19-14(18)11-3-2-4-12(13(11)16)17-7-5-15(6-8-17)20-9-10-21-15/h2-4H,5-10,16H2,1H3. The van der Waals surface area contributed by atoms with Gasteiger partial charge in [0.1, 0.15) is 0 Å². The quantitative estimate of drug-likeness (QED) is 0.656. The highest BCUT2D eigenvalue weighted by atomic mass is 16.7. The molecule has 0 amide bonds. The van der Waals surface area contributed by atoms with Gasteiger partial charge in [0, 0.05) is 25.9 Å². The Morgan fingerprint density at radius 1 is 1.29 bits per heavy atom. The summed E-state index contributed by atoms with van der Waals surface area (Å²) in [6, 6.07) is 5.43. The van der Waals surface area contributed by atoms with E-state index in [4.69, 9.17) is 19.9 Å². The smallest absolute Gasteiger partial charge is 0.340 e. The van der Waals surface area contributed by atoms with E-state index in [2.05, 4.69) is 4.90 Å². The third-order valence-electron chi connectivity index (χ3n) is 4.17. The maximum absolute atomic E-state index is 11.7. The minimum absolute atomic E-state index is 0.406. The summed E-state index contributed by atoms with van der Waals surface area (Å²) in [7, 11) is 1.36. The number of nitrogen functional groups attached to an aromatic ring is 1. The first kappa shape index (κ1) is 14.2. The molecule has 0 saturated carbocycles. The van der Waals surface area contributed by atoms with Gasteiger partial charge in [-0.05, 0) is 12.1 Å². The predicted octanol–water partition coefficient (Wildman–Crippen LogP) is 1.40. The number of rotatable bonds is 2. The van der Waals surface area contributed by atoms with Crippen LogP contribution < -0.4 is 10.6 Å². The molecule has 21 heavy (non-hydrogen) atoms. The normalized spacial score (nSPS) is 20.7. The zero-order chi connectivity index (χ0) is 14.9. The molecule has 3 rings (SSSR count). The van der Waals surface area contributed by atoms with Crippen molar-refractivity contribution in [3.05, 3.63) is 23.8 Å². The van der Waals surface area contributed by atoms with Crippen molar-refractivity contribution in [2.75, 3.05) is 44.0 Å². The van der Waals surface area contributed by atoms with Crippen molar-refractivity contribution in [1.29, 1.82) is 0 Å². The summed E-state index contributed by atoms with van der Waals surface area (Å²) in [6.45, 7) is 2.91. The largest absolute Gasteiger partial charge is 0.465 e. The Kier molecular flexibility index (Phi) is 3.73. The number of carbonyl (C=O) groups is 1. The molecule has 2 aliphatic rings. The van der Waals surface area contributed by atoms with Crippen LogP contribution in [0.2, 0.25) is 0 Å². The highest BCUT2D eigenvalue weighted by Crippen LogP contribution is 2.35. The summed E-state index contributed by atoms with van der Waals surface area (Å²) < 4.78 is 16.2. The van der Waals surface area contributed by atoms with Crippen LogP contribution in [0.1, 0.15) is 23.2 Å². The van der Waals surface area contributed by atoms with Gasteiger partial charge in [0.05, 0.1) is 37.3 Å². The lowest BCUT2D eigenvalue weighted by Gasteiger charge is -2.39. The lowest BCUT2D eigenvalue weighted by atomic mass is 10.0. The summed E-state index contributed by atoms with van der Waals surface area (Å²) in [5.41, 5.74) is 7.87. The summed E-state index contributed by atoms with van der Waals surface area (Å²) in [6.07, 6.45) is 1.60. The molecule has 0 radical (unpaired) electrons. The van der Waals surface area contributed by atoms with Crippen LogP contribution in [-0.2, 0) is 14.2 Å². The number of benzene rings is 1. The third kappa shape index (κ3) is 2.56. The van der Waals surface area contributed by atoms with E-state index < -0.39 is 11.8 Å². The van der Waals surface area contributed by atoms with Gasteiger partial charge in [-0.15, -0.1) is 0 Å². The Labute approximate surface area is 123 Å². The zero-order valence-electron chi connectivity index (χ0n) is 12.1. The number of methoxy groups -OCH3 is 1. The Morgan fingerprint density at radius 2 is 1.95 bits per heavy atom. The number of carbonyl (C=O) groups excluding carboxylic acids is 1. The average molecular weight is 292 g/mol. The number of hydrogen-bond acceptors (Lipinski definition) is 6. The van der Waals surface area contributed by atoms with Crippen molar-refractivity contribution >= 4 is 17.3 Å². The summed E-state index contributed by atoms with van der Waals surface area (Å²) >= 11 is 0. The molecule has 2 saturated heterocycles. The van der Waals surface area contributed by atoms with Gasteiger partial charge in [-0.2, -0.15) is 0 Å². The van der Waals surface area contributed by atoms with Gasteiger partial charge in [-0.1, -0.05) is 6.07 Å². The molecule has 0 unspecified atom stereocenters. The number of nitrogens with two attached hydrogens (primary N) is 1. The first-order valence-corrected chi connectivity index (χ1v) is 7.15. The maximum Gasteiger partial charge on any atom is 0.340 e. The highest BCUT2D eigenvalue weighted by molar-refractivity contribution is 5.98. The number of hydrogen-bond donors (Lipinski definition) is 1. The minimum atomic E-state index is -0.412. The molecule has 0 bridgehead atoms. The van der Waals surface area contributed by atoms with Gasteiger partial charge in [0.2, 0.25) is 0 Å². The van der Waals surface area contributed by atoms with E-state index >= 15 is 0 Å². The van der Waals surface area contributed by atoms with Crippen LogP contribution in [0.15, 0.2) is 18.2 Å². The molecule has 2 heterocycles. The van der Waals surface area contributed by atoms with E-state index in [1.807, 2.05) is 12.1 Å². The average Bonchev–Trinajstić information content (AvgIpc) is 2.96. The molecule has 1 aromatic carbocycles. The van der Waals surface area contributed by atoms with Crippen molar-refractivity contribution in [3.63, 3.8) is 0 Å². The predicted molar refractivity (Wildman–Crippen MR) is 78.3 cm³/mol. The topological polar surface area (TPSA) is 74.0 Å². The lowest BCUT2D eigenvalue weighted by Crippen LogP contribution is -2.45. The number of para-hydroxylation sites is 1. The molecule has 0 aliphatic carbocycles. The fourth-order valence-corrected chi connectivity index (χ4v) is 2.99. The first-order chi connectivity index (χ1) is 10.2. The maximum atomic E-state index is 11.7. The molecule has 0 atom stereocenters. The van der Waals surface area contributed by atoms with Crippen molar-refractivity contribution in [1.82, 2.24) is 0 Å². The number of anilines is 2. The van der Waals surface area contributed by atoms with Gasteiger partial charge < -0.3 is 24.8 Å². The van der Waals surface area contributed by atoms with Crippen LogP contribution in [0.25, 0.3) is 0 Å². The van der Waals surface area contributed by atoms with Crippen LogP contribution in [-0.4, -0.2) is 45.2 Å². The van der Waals surface area contributed by atoms with E-state index in [1.165, 1.54) is 7.11 Å². The number of nitrogens with zero attached hydrogens (tertiary/aromatic N) is 1.